The number of carbonyl (C=O) groups is 2. The van der Waals surface area contributed by atoms with Crippen molar-refractivity contribution in [3.05, 3.63) is 72.8 Å². The van der Waals surface area contributed by atoms with Gasteiger partial charge >= 0.3 is 0 Å². The van der Waals surface area contributed by atoms with Gasteiger partial charge in [0.05, 0.1) is 18.2 Å². The van der Waals surface area contributed by atoms with Gasteiger partial charge in [0.25, 0.3) is 5.91 Å². The van der Waals surface area contributed by atoms with E-state index in [1.807, 2.05) is 60.7 Å². The van der Waals surface area contributed by atoms with E-state index < -0.39 is 0 Å². The molecule has 3 aromatic rings. The van der Waals surface area contributed by atoms with Crippen molar-refractivity contribution < 1.29 is 9.59 Å². The second-order valence-corrected chi connectivity index (χ2v) is 7.64. The number of nitrogens with zero attached hydrogens (tertiary/aromatic N) is 3. The third-order valence-electron chi connectivity index (χ3n) is 6.01. The van der Waals surface area contributed by atoms with Gasteiger partial charge < -0.3 is 4.90 Å². The van der Waals surface area contributed by atoms with Gasteiger partial charge in [-0.2, -0.15) is 0 Å². The molecule has 2 heterocycles. The Morgan fingerprint density at radius 3 is 2.21 bits per heavy atom. The van der Waals surface area contributed by atoms with Gasteiger partial charge in [-0.15, -0.1) is 0 Å². The summed E-state index contributed by atoms with van der Waals surface area (Å²) in [5, 5.41) is 1.97. The fourth-order valence-corrected chi connectivity index (χ4v) is 4.49. The molecule has 0 spiro atoms. The van der Waals surface area contributed by atoms with E-state index in [9.17, 15) is 9.59 Å². The predicted molar refractivity (Wildman–Crippen MR) is 115 cm³/mol. The van der Waals surface area contributed by atoms with Crippen LogP contribution in [0, 0.1) is 0 Å². The number of hydrogen-bond donors (Lipinski definition) is 0. The summed E-state index contributed by atoms with van der Waals surface area (Å²) in [6.07, 6.45) is 0.257. The van der Waals surface area contributed by atoms with Crippen LogP contribution in [0.5, 0.6) is 0 Å². The molecule has 0 saturated carbocycles. The number of imide groups is 1. The van der Waals surface area contributed by atoms with Gasteiger partial charge in [-0.05, 0) is 23.6 Å². The fraction of sp³-hybridized carbons (Fsp3) is 0.250. The van der Waals surface area contributed by atoms with Crippen LogP contribution in [0.15, 0.2) is 72.8 Å². The van der Waals surface area contributed by atoms with E-state index >= 15 is 0 Å². The summed E-state index contributed by atoms with van der Waals surface area (Å²) in [6, 6.07) is 23.6. The Morgan fingerprint density at radius 2 is 1.41 bits per heavy atom. The lowest BCUT2D eigenvalue weighted by molar-refractivity contribution is -0.123. The maximum atomic E-state index is 13.3. The molecule has 2 fully saturated rings. The SMILES string of the molecule is O=C1C[C@H](N2CCN(c3ccccc3)CC2)C(=O)N1c1cccc2ccccc12. The summed E-state index contributed by atoms with van der Waals surface area (Å²) in [7, 11) is 0. The first-order valence-corrected chi connectivity index (χ1v) is 10.1. The van der Waals surface area contributed by atoms with Crippen molar-refractivity contribution in [2.75, 3.05) is 36.0 Å². The molecule has 5 nitrogen and oxygen atoms in total. The number of fused-ring (bicyclic) bond motifs is 1. The molecule has 2 aliphatic heterocycles. The van der Waals surface area contributed by atoms with E-state index in [2.05, 4.69) is 21.9 Å². The summed E-state index contributed by atoms with van der Waals surface area (Å²) in [5.41, 5.74) is 1.90. The highest BCUT2D eigenvalue weighted by Crippen LogP contribution is 2.32. The summed E-state index contributed by atoms with van der Waals surface area (Å²) >= 11 is 0. The Labute approximate surface area is 170 Å². The average molecular weight is 385 g/mol. The van der Waals surface area contributed by atoms with Gasteiger partial charge in [-0.1, -0.05) is 54.6 Å². The quantitative estimate of drug-likeness (QED) is 0.649. The van der Waals surface area contributed by atoms with Crippen LogP contribution < -0.4 is 9.80 Å². The maximum absolute atomic E-state index is 13.3. The lowest BCUT2D eigenvalue weighted by atomic mass is 10.1. The number of carbonyl (C=O) groups excluding carboxylic acids is 2. The number of hydrogen-bond acceptors (Lipinski definition) is 4. The number of anilines is 2. The second kappa shape index (κ2) is 7.33. The Kier molecular flexibility index (Phi) is 4.52. The monoisotopic (exact) mass is 385 g/mol. The zero-order valence-corrected chi connectivity index (χ0v) is 16.2. The highest BCUT2D eigenvalue weighted by Gasteiger charge is 2.43. The smallest absolute Gasteiger partial charge is 0.251 e. The van der Waals surface area contributed by atoms with Gasteiger partial charge in [0.1, 0.15) is 0 Å². The normalized spacial score (nSPS) is 20.6. The molecule has 1 atom stereocenters. The summed E-state index contributed by atoms with van der Waals surface area (Å²) in [4.78, 5) is 32.0. The van der Waals surface area contributed by atoms with Crippen LogP contribution >= 0.6 is 0 Å². The van der Waals surface area contributed by atoms with Gasteiger partial charge in [0.15, 0.2) is 0 Å². The standard InChI is InChI=1S/C24H23N3O2/c28-23-17-22(26-15-13-25(14-16-26)19-9-2-1-3-10-19)24(29)27(23)21-12-6-8-18-7-4-5-11-20(18)21/h1-12,22H,13-17H2/t22-/m0/s1. The molecule has 2 aliphatic rings. The molecular weight excluding hydrogens is 362 g/mol. The predicted octanol–water partition coefficient (Wildman–Crippen LogP) is 3.29. The molecule has 5 rings (SSSR count). The molecule has 0 bridgehead atoms. The first-order valence-electron chi connectivity index (χ1n) is 10.1. The Bertz CT molecular complexity index is 1050. The zero-order valence-electron chi connectivity index (χ0n) is 16.2. The fourth-order valence-electron chi connectivity index (χ4n) is 4.49. The summed E-state index contributed by atoms with van der Waals surface area (Å²) in [5.74, 6) is -0.207. The van der Waals surface area contributed by atoms with Gasteiger partial charge in [-0.3, -0.25) is 14.5 Å². The van der Waals surface area contributed by atoms with Crippen molar-refractivity contribution in [1.29, 1.82) is 0 Å². The van der Waals surface area contributed by atoms with Crippen LogP contribution in [0.25, 0.3) is 10.8 Å². The molecule has 0 N–H and O–H groups in total. The van der Waals surface area contributed by atoms with Crippen molar-refractivity contribution in [3.8, 4) is 0 Å². The van der Waals surface area contributed by atoms with Crippen molar-refractivity contribution in [2.45, 2.75) is 12.5 Å². The molecule has 2 amide bonds. The maximum Gasteiger partial charge on any atom is 0.251 e. The number of para-hydroxylation sites is 1. The molecule has 3 aromatic carbocycles. The minimum absolute atomic E-state index is 0.0977. The van der Waals surface area contributed by atoms with E-state index in [1.54, 1.807) is 0 Å². The number of amides is 2. The van der Waals surface area contributed by atoms with Crippen molar-refractivity contribution in [1.82, 2.24) is 4.90 Å². The van der Waals surface area contributed by atoms with E-state index in [0.717, 1.165) is 37.0 Å². The lowest BCUT2D eigenvalue weighted by Gasteiger charge is -2.38. The third kappa shape index (κ3) is 3.17. The van der Waals surface area contributed by atoms with E-state index in [-0.39, 0.29) is 24.3 Å². The molecule has 0 radical (unpaired) electrons. The van der Waals surface area contributed by atoms with E-state index in [1.165, 1.54) is 10.6 Å². The lowest BCUT2D eigenvalue weighted by Crippen LogP contribution is -2.52. The molecule has 5 heteroatoms. The van der Waals surface area contributed by atoms with Gasteiger partial charge in [0, 0.05) is 37.3 Å². The Balaban J connectivity index is 1.35. The Hall–Kier alpha value is -3.18. The van der Waals surface area contributed by atoms with Gasteiger partial charge in [0.2, 0.25) is 5.91 Å². The number of benzene rings is 3. The molecule has 2 saturated heterocycles. The van der Waals surface area contributed by atoms with E-state index in [0.29, 0.717) is 5.69 Å². The summed E-state index contributed by atoms with van der Waals surface area (Å²) < 4.78 is 0. The minimum atomic E-state index is -0.362. The second-order valence-electron chi connectivity index (χ2n) is 7.64. The van der Waals surface area contributed by atoms with Crippen LogP contribution in [0.2, 0.25) is 0 Å². The highest BCUT2D eigenvalue weighted by molar-refractivity contribution is 6.25. The first kappa shape index (κ1) is 17.9. The Morgan fingerprint density at radius 1 is 0.724 bits per heavy atom. The molecule has 0 unspecified atom stereocenters. The summed E-state index contributed by atoms with van der Waals surface area (Å²) in [6.45, 7) is 3.27. The van der Waals surface area contributed by atoms with E-state index in [4.69, 9.17) is 0 Å². The van der Waals surface area contributed by atoms with Crippen molar-refractivity contribution >= 4 is 34.0 Å². The van der Waals surface area contributed by atoms with Crippen LogP contribution in [-0.4, -0.2) is 48.9 Å². The number of rotatable bonds is 3. The highest BCUT2D eigenvalue weighted by atomic mass is 16.2. The number of piperazine rings is 1. The van der Waals surface area contributed by atoms with Crippen LogP contribution in [0.3, 0.4) is 0 Å². The topological polar surface area (TPSA) is 43.9 Å². The molecule has 29 heavy (non-hydrogen) atoms. The molecule has 0 aromatic heterocycles. The van der Waals surface area contributed by atoms with Crippen LogP contribution in [0.4, 0.5) is 11.4 Å². The molecule has 146 valence electrons. The molecule has 0 aliphatic carbocycles. The third-order valence-corrected chi connectivity index (χ3v) is 6.01. The van der Waals surface area contributed by atoms with Crippen molar-refractivity contribution in [3.63, 3.8) is 0 Å². The van der Waals surface area contributed by atoms with Crippen LogP contribution in [0.1, 0.15) is 6.42 Å². The first-order chi connectivity index (χ1) is 14.2. The van der Waals surface area contributed by atoms with Crippen molar-refractivity contribution in [2.24, 2.45) is 0 Å². The molecular formula is C24H23N3O2. The van der Waals surface area contributed by atoms with Crippen LogP contribution in [-0.2, 0) is 9.59 Å². The minimum Gasteiger partial charge on any atom is -0.369 e. The largest absolute Gasteiger partial charge is 0.369 e. The van der Waals surface area contributed by atoms with Gasteiger partial charge in [-0.25, -0.2) is 4.90 Å². The zero-order chi connectivity index (χ0) is 19.8. The average Bonchev–Trinajstić information content (AvgIpc) is 3.08.